The first-order chi connectivity index (χ1) is 14.3. The summed E-state index contributed by atoms with van der Waals surface area (Å²) in [5.74, 6) is -1.27. The van der Waals surface area contributed by atoms with Crippen LogP contribution >= 0.6 is 34.8 Å². The Morgan fingerprint density at radius 2 is 1.87 bits per heavy atom. The van der Waals surface area contributed by atoms with E-state index in [4.69, 9.17) is 34.8 Å². The molecule has 0 radical (unpaired) electrons. The average Bonchev–Trinajstić information content (AvgIpc) is 2.93. The van der Waals surface area contributed by atoms with Crippen LogP contribution in [0.4, 0.5) is 5.69 Å². The smallest absolute Gasteiger partial charge is 0.232 e. The molecule has 0 spiro atoms. The van der Waals surface area contributed by atoms with Gasteiger partial charge in [-0.15, -0.1) is 0 Å². The van der Waals surface area contributed by atoms with E-state index in [1.54, 1.807) is 41.4 Å². The number of hydrogen-bond acceptors (Lipinski definition) is 3. The number of aromatic nitrogens is 1. The third kappa shape index (κ3) is 3.82. The zero-order valence-electron chi connectivity index (χ0n) is 16.4. The number of rotatable bonds is 4. The first-order valence-electron chi connectivity index (χ1n) is 9.62. The van der Waals surface area contributed by atoms with Crippen LogP contribution in [0.2, 0.25) is 15.2 Å². The normalized spacial score (nSPS) is 25.3. The number of hydrogen-bond donors (Lipinski definition) is 1. The molecule has 8 heteroatoms. The van der Waals surface area contributed by atoms with E-state index in [2.05, 4.69) is 16.4 Å². The predicted octanol–water partition coefficient (Wildman–Crippen LogP) is 4.90. The Morgan fingerprint density at radius 3 is 2.53 bits per heavy atom. The number of amides is 2. The fourth-order valence-electron chi connectivity index (χ4n) is 4.60. The van der Waals surface area contributed by atoms with Gasteiger partial charge in [-0.05, 0) is 48.7 Å². The van der Waals surface area contributed by atoms with Crippen molar-refractivity contribution in [3.63, 3.8) is 0 Å². The van der Waals surface area contributed by atoms with E-state index in [0.29, 0.717) is 27.4 Å². The lowest BCUT2D eigenvalue weighted by Crippen LogP contribution is -2.44. The summed E-state index contributed by atoms with van der Waals surface area (Å²) < 4.78 is 0. The molecular weight excluding hydrogens is 445 g/mol. The molecule has 5 nitrogen and oxygen atoms in total. The molecule has 4 unspecified atom stereocenters. The third-order valence-electron chi connectivity index (χ3n) is 5.77. The van der Waals surface area contributed by atoms with E-state index in [-0.39, 0.29) is 23.8 Å². The van der Waals surface area contributed by atoms with Crippen LogP contribution in [-0.4, -0.2) is 22.8 Å². The van der Waals surface area contributed by atoms with E-state index in [9.17, 15) is 9.59 Å². The van der Waals surface area contributed by atoms with Gasteiger partial charge in [0.2, 0.25) is 11.8 Å². The highest BCUT2D eigenvalue weighted by Gasteiger charge is 2.56. The number of pyridine rings is 1. The second-order valence-corrected chi connectivity index (χ2v) is 9.07. The highest BCUT2D eigenvalue weighted by atomic mass is 35.5. The maximum Gasteiger partial charge on any atom is 0.232 e. The minimum atomic E-state index is -0.507. The molecule has 1 saturated heterocycles. The van der Waals surface area contributed by atoms with Crippen molar-refractivity contribution >= 4 is 52.3 Å². The molecule has 0 saturated carbocycles. The van der Waals surface area contributed by atoms with Gasteiger partial charge in [-0.1, -0.05) is 53.4 Å². The molecule has 1 aliphatic heterocycles. The van der Waals surface area contributed by atoms with Crippen LogP contribution in [-0.2, 0) is 16.1 Å². The van der Waals surface area contributed by atoms with Crippen molar-refractivity contribution in [2.24, 2.45) is 17.8 Å². The summed E-state index contributed by atoms with van der Waals surface area (Å²) in [5.41, 5.74) is 2.43. The van der Waals surface area contributed by atoms with Crippen molar-refractivity contribution in [2.75, 3.05) is 4.90 Å². The Bertz CT molecular complexity index is 1040. The lowest BCUT2D eigenvalue weighted by Gasteiger charge is -2.32. The highest BCUT2D eigenvalue weighted by molar-refractivity contribution is 6.35. The van der Waals surface area contributed by atoms with Crippen molar-refractivity contribution in [2.45, 2.75) is 26.4 Å². The van der Waals surface area contributed by atoms with Crippen LogP contribution in [0.15, 0.2) is 48.2 Å². The van der Waals surface area contributed by atoms with Crippen molar-refractivity contribution in [3.8, 4) is 0 Å². The van der Waals surface area contributed by atoms with Gasteiger partial charge in [-0.25, -0.2) is 4.98 Å². The minimum Gasteiger partial charge on any atom is -0.352 e. The summed E-state index contributed by atoms with van der Waals surface area (Å²) >= 11 is 18.3. The Hall–Kier alpha value is -2.08. The maximum absolute atomic E-state index is 13.4. The Kier molecular flexibility index (Phi) is 5.80. The van der Waals surface area contributed by atoms with Crippen LogP contribution in [0.5, 0.6) is 0 Å². The molecule has 1 N–H and O–H groups in total. The van der Waals surface area contributed by atoms with E-state index < -0.39 is 11.8 Å². The number of carbonyl (C=O) groups excluding carboxylic acids is 2. The number of nitrogens with zero attached hydrogens (tertiary/aromatic N) is 2. The first kappa shape index (κ1) is 21.2. The first-order valence-corrected chi connectivity index (χ1v) is 10.8. The van der Waals surface area contributed by atoms with Gasteiger partial charge in [-0.3, -0.25) is 9.59 Å². The van der Waals surface area contributed by atoms with E-state index in [1.165, 1.54) is 0 Å². The standard InChI is InChI=1S/C22H20Cl3N3O2/c1-11-5-12(2)20-19(21(29)27-10-13-3-4-26-17(25)6-13)18(11)22(30)28(20)16-8-14(23)7-15(24)9-16/h3-9,11,18-20H,10H2,1-2H3,(H,27,29). The van der Waals surface area contributed by atoms with Gasteiger partial charge < -0.3 is 10.2 Å². The molecule has 2 aliphatic rings. The van der Waals surface area contributed by atoms with E-state index in [0.717, 1.165) is 11.1 Å². The molecule has 1 fully saturated rings. The van der Waals surface area contributed by atoms with Gasteiger partial charge in [0.05, 0.1) is 17.9 Å². The summed E-state index contributed by atoms with van der Waals surface area (Å²) in [6, 6.07) is 8.15. The Labute approximate surface area is 190 Å². The quantitative estimate of drug-likeness (QED) is 0.517. The largest absolute Gasteiger partial charge is 0.352 e. The zero-order chi connectivity index (χ0) is 21.6. The monoisotopic (exact) mass is 463 g/mol. The SMILES string of the molecule is CC1=CC(C)C2C(=O)N(c3cc(Cl)cc(Cl)c3)C1C2C(=O)NCc1ccnc(Cl)c1. The number of anilines is 1. The lowest BCUT2D eigenvalue weighted by molar-refractivity contribution is -0.131. The average molecular weight is 465 g/mol. The van der Waals surface area contributed by atoms with Gasteiger partial charge in [0.25, 0.3) is 0 Å². The number of carbonyl (C=O) groups is 2. The van der Waals surface area contributed by atoms with Crippen LogP contribution in [0.3, 0.4) is 0 Å². The molecule has 2 bridgehead atoms. The third-order valence-corrected chi connectivity index (χ3v) is 6.42. The lowest BCUT2D eigenvalue weighted by atomic mass is 9.74. The van der Waals surface area contributed by atoms with Crippen LogP contribution in [0.1, 0.15) is 19.4 Å². The second-order valence-electron chi connectivity index (χ2n) is 7.81. The summed E-state index contributed by atoms with van der Waals surface area (Å²) in [6.07, 6.45) is 3.67. The van der Waals surface area contributed by atoms with Gasteiger partial charge in [0.15, 0.2) is 0 Å². The second kappa shape index (κ2) is 8.22. The molecule has 156 valence electrons. The summed E-state index contributed by atoms with van der Waals surface area (Å²) in [5, 5.41) is 4.22. The Balaban J connectivity index is 1.65. The summed E-state index contributed by atoms with van der Waals surface area (Å²) in [7, 11) is 0. The molecule has 4 rings (SSSR count). The predicted molar refractivity (Wildman–Crippen MR) is 119 cm³/mol. The maximum atomic E-state index is 13.4. The molecule has 2 aromatic rings. The minimum absolute atomic E-state index is 0.0560. The van der Waals surface area contributed by atoms with Gasteiger partial charge in [-0.2, -0.15) is 0 Å². The molecular formula is C22H20Cl3N3O2. The van der Waals surface area contributed by atoms with Crippen LogP contribution in [0, 0.1) is 17.8 Å². The molecule has 1 aliphatic carbocycles. The molecule has 2 amide bonds. The molecule has 4 atom stereocenters. The van der Waals surface area contributed by atoms with Crippen LogP contribution in [0.25, 0.3) is 0 Å². The van der Waals surface area contributed by atoms with Gasteiger partial charge in [0, 0.05) is 28.5 Å². The fraction of sp³-hybridized carbons (Fsp3) is 0.318. The number of nitrogens with one attached hydrogen (secondary N) is 1. The molecule has 1 aromatic heterocycles. The molecule has 30 heavy (non-hydrogen) atoms. The van der Waals surface area contributed by atoms with Crippen molar-refractivity contribution in [1.29, 1.82) is 0 Å². The topological polar surface area (TPSA) is 62.3 Å². The summed E-state index contributed by atoms with van der Waals surface area (Å²) in [4.78, 5) is 32.3. The van der Waals surface area contributed by atoms with E-state index in [1.807, 2.05) is 13.8 Å². The highest BCUT2D eigenvalue weighted by Crippen LogP contribution is 2.47. The number of halogens is 3. The van der Waals surface area contributed by atoms with Gasteiger partial charge in [0.1, 0.15) is 5.15 Å². The zero-order valence-corrected chi connectivity index (χ0v) is 18.7. The van der Waals surface area contributed by atoms with Crippen LogP contribution < -0.4 is 10.2 Å². The van der Waals surface area contributed by atoms with Crippen molar-refractivity contribution in [1.82, 2.24) is 10.3 Å². The fourth-order valence-corrected chi connectivity index (χ4v) is 5.31. The molecule has 2 heterocycles. The number of allylic oxidation sites excluding steroid dienone is 1. The van der Waals surface area contributed by atoms with Crippen molar-refractivity contribution < 1.29 is 9.59 Å². The van der Waals surface area contributed by atoms with Gasteiger partial charge >= 0.3 is 0 Å². The summed E-state index contributed by atoms with van der Waals surface area (Å²) in [6.45, 7) is 4.24. The number of benzene rings is 1. The Morgan fingerprint density at radius 1 is 1.17 bits per heavy atom. The van der Waals surface area contributed by atoms with Crippen molar-refractivity contribution in [3.05, 3.63) is 68.9 Å². The number of fused-ring (bicyclic) bond motifs is 2. The molecule has 1 aromatic carbocycles. The van der Waals surface area contributed by atoms with E-state index >= 15 is 0 Å².